The van der Waals surface area contributed by atoms with E-state index in [0.29, 0.717) is 16.5 Å². The maximum Gasteiger partial charge on any atom is 0.184 e. The quantitative estimate of drug-likeness (QED) is 0.460. The number of aliphatic imine (C=N–C) groups is 1. The van der Waals surface area contributed by atoms with Crippen LogP contribution in [0.1, 0.15) is 0 Å². The van der Waals surface area contributed by atoms with Gasteiger partial charge in [-0.15, -0.1) is 0 Å². The SMILES string of the molecule is N=C=c1ncnc2c1=NC=N2. The number of aromatic nitrogens is 2. The highest BCUT2D eigenvalue weighted by molar-refractivity contribution is 5.65. The molecule has 0 bridgehead atoms. The molecule has 5 nitrogen and oxygen atoms in total. The van der Waals surface area contributed by atoms with Gasteiger partial charge in [-0.1, -0.05) is 0 Å². The fraction of sp³-hybridized carbons (Fsp3) is 0. The van der Waals surface area contributed by atoms with Gasteiger partial charge in [-0.3, -0.25) is 5.41 Å². The van der Waals surface area contributed by atoms with Gasteiger partial charge in [-0.25, -0.2) is 20.0 Å². The Kier molecular flexibility index (Phi) is 1.11. The lowest BCUT2D eigenvalue weighted by Gasteiger charge is -1.83. The molecule has 0 spiro atoms. The highest BCUT2D eigenvalue weighted by Crippen LogP contribution is 1.96. The molecule has 2 heterocycles. The summed E-state index contributed by atoms with van der Waals surface area (Å²) in [6, 6.07) is 0. The molecule has 1 aromatic heterocycles. The van der Waals surface area contributed by atoms with Crippen molar-refractivity contribution in [2.75, 3.05) is 0 Å². The molecule has 0 aliphatic carbocycles. The Morgan fingerprint density at radius 2 is 2.27 bits per heavy atom. The van der Waals surface area contributed by atoms with Crippen molar-refractivity contribution in [1.82, 2.24) is 9.97 Å². The van der Waals surface area contributed by atoms with E-state index in [-0.39, 0.29) is 0 Å². The summed E-state index contributed by atoms with van der Waals surface area (Å²) in [5.74, 6) is 2.66. The Labute approximate surface area is 61.4 Å². The molecule has 0 unspecified atom stereocenters. The molecule has 0 radical (unpaired) electrons. The van der Waals surface area contributed by atoms with Gasteiger partial charge in [0.1, 0.15) is 18.0 Å². The van der Waals surface area contributed by atoms with E-state index in [4.69, 9.17) is 5.41 Å². The van der Waals surface area contributed by atoms with Gasteiger partial charge in [0.05, 0.1) is 0 Å². The van der Waals surface area contributed by atoms with Crippen molar-refractivity contribution in [2.24, 2.45) is 9.98 Å². The second-order valence-electron chi connectivity index (χ2n) is 1.89. The summed E-state index contributed by atoms with van der Waals surface area (Å²) >= 11 is 0. The van der Waals surface area contributed by atoms with Crippen LogP contribution in [0, 0.1) is 5.41 Å². The minimum Gasteiger partial charge on any atom is -0.257 e. The summed E-state index contributed by atoms with van der Waals surface area (Å²) in [6.45, 7) is 0. The number of hydrogen-bond acceptors (Lipinski definition) is 5. The van der Waals surface area contributed by atoms with Crippen molar-refractivity contribution < 1.29 is 0 Å². The number of fused-ring (bicyclic) bond motifs is 1. The van der Waals surface area contributed by atoms with E-state index in [1.807, 2.05) is 0 Å². The van der Waals surface area contributed by atoms with Crippen LogP contribution in [0.4, 0.5) is 5.82 Å². The number of hydrogen-bond donors (Lipinski definition) is 1. The Morgan fingerprint density at radius 3 is 3.09 bits per heavy atom. The van der Waals surface area contributed by atoms with Crippen LogP contribution in [0.25, 0.3) is 0 Å². The molecule has 0 aromatic carbocycles. The molecule has 5 heteroatoms. The molecule has 1 aromatic rings. The van der Waals surface area contributed by atoms with Gasteiger partial charge in [0, 0.05) is 5.87 Å². The normalized spacial score (nSPS) is 12.0. The standard InChI is InChI=1S/C6H3N5/c7-1-4-5-6(10-2-8-4)11-3-9-5/h2-3,7H. The molecular weight excluding hydrogens is 142 g/mol. The Bertz CT molecular complexity index is 454. The molecule has 0 saturated carbocycles. The fourth-order valence-corrected chi connectivity index (χ4v) is 0.816. The average molecular weight is 145 g/mol. The van der Waals surface area contributed by atoms with Crippen molar-refractivity contribution >= 4 is 18.0 Å². The Balaban J connectivity index is 3.04. The van der Waals surface area contributed by atoms with Crippen molar-refractivity contribution in [2.45, 2.75) is 0 Å². The van der Waals surface area contributed by atoms with Crippen LogP contribution in [0.3, 0.4) is 0 Å². The van der Waals surface area contributed by atoms with Crippen LogP contribution >= 0.6 is 0 Å². The van der Waals surface area contributed by atoms with E-state index in [2.05, 4.69) is 25.8 Å². The molecule has 1 N–H and O–H groups in total. The summed E-state index contributed by atoms with van der Waals surface area (Å²) in [6.07, 6.45) is 2.73. The maximum atomic E-state index is 6.86. The first-order valence-electron chi connectivity index (χ1n) is 2.93. The lowest BCUT2D eigenvalue weighted by molar-refractivity contribution is 1.08. The fourth-order valence-electron chi connectivity index (χ4n) is 0.816. The summed E-state index contributed by atoms with van der Waals surface area (Å²) in [5.41, 5.74) is 0. The van der Waals surface area contributed by atoms with Crippen molar-refractivity contribution in [1.29, 1.82) is 5.41 Å². The topological polar surface area (TPSA) is 74.3 Å². The summed E-state index contributed by atoms with van der Waals surface area (Å²) in [5, 5.41) is 7.77. The molecule has 0 fully saturated rings. The predicted octanol–water partition coefficient (Wildman–Crippen LogP) is -1.31. The van der Waals surface area contributed by atoms with Crippen LogP contribution < -0.4 is 10.7 Å². The van der Waals surface area contributed by atoms with Crippen LogP contribution in [0.5, 0.6) is 0 Å². The monoisotopic (exact) mass is 145 g/mol. The summed E-state index contributed by atoms with van der Waals surface area (Å²) in [4.78, 5) is 15.3. The van der Waals surface area contributed by atoms with Gasteiger partial charge in [-0.2, -0.15) is 0 Å². The zero-order valence-electron chi connectivity index (χ0n) is 5.44. The molecular formula is C6H3N5. The first-order valence-corrected chi connectivity index (χ1v) is 2.93. The zero-order valence-corrected chi connectivity index (χ0v) is 5.44. The van der Waals surface area contributed by atoms with Crippen molar-refractivity contribution in [3.8, 4) is 0 Å². The van der Waals surface area contributed by atoms with Gasteiger partial charge in [-0.05, 0) is 0 Å². The molecule has 11 heavy (non-hydrogen) atoms. The number of nitrogens with zero attached hydrogens (tertiary/aromatic N) is 4. The molecule has 0 atom stereocenters. The minimum atomic E-state index is 0.382. The lowest BCUT2D eigenvalue weighted by Crippen LogP contribution is -2.29. The van der Waals surface area contributed by atoms with E-state index in [1.54, 1.807) is 0 Å². The smallest absolute Gasteiger partial charge is 0.184 e. The van der Waals surface area contributed by atoms with Gasteiger partial charge < -0.3 is 0 Å². The van der Waals surface area contributed by atoms with Gasteiger partial charge in [0.2, 0.25) is 0 Å². The largest absolute Gasteiger partial charge is 0.257 e. The molecule has 0 saturated heterocycles. The van der Waals surface area contributed by atoms with E-state index in [1.165, 1.54) is 12.7 Å². The molecule has 1 aliphatic heterocycles. The van der Waals surface area contributed by atoms with Crippen molar-refractivity contribution in [3.63, 3.8) is 0 Å². The predicted molar refractivity (Wildman–Crippen MR) is 37.8 cm³/mol. The molecule has 2 rings (SSSR count). The maximum absolute atomic E-state index is 6.86. The van der Waals surface area contributed by atoms with Crippen LogP contribution in [0.2, 0.25) is 0 Å². The molecule has 1 aliphatic rings. The van der Waals surface area contributed by atoms with Gasteiger partial charge in [0.15, 0.2) is 11.2 Å². The minimum absolute atomic E-state index is 0.382. The summed E-state index contributed by atoms with van der Waals surface area (Å²) in [7, 11) is 0. The highest BCUT2D eigenvalue weighted by atomic mass is 15.0. The highest BCUT2D eigenvalue weighted by Gasteiger charge is 2.01. The van der Waals surface area contributed by atoms with Gasteiger partial charge >= 0.3 is 0 Å². The second kappa shape index (κ2) is 2.07. The van der Waals surface area contributed by atoms with Crippen LogP contribution in [0.15, 0.2) is 16.3 Å². The average Bonchev–Trinajstić information content (AvgIpc) is 2.50. The number of nitrogens with one attached hydrogen (secondary N) is 1. The van der Waals surface area contributed by atoms with E-state index in [9.17, 15) is 0 Å². The Hall–Kier alpha value is -1.87. The van der Waals surface area contributed by atoms with Gasteiger partial charge in [0.25, 0.3) is 0 Å². The summed E-state index contributed by atoms with van der Waals surface area (Å²) < 4.78 is 0. The van der Waals surface area contributed by atoms with Crippen LogP contribution in [-0.4, -0.2) is 22.2 Å². The lowest BCUT2D eigenvalue weighted by atomic mass is 10.5. The third-order valence-electron chi connectivity index (χ3n) is 1.29. The van der Waals surface area contributed by atoms with Crippen molar-refractivity contribution in [3.05, 3.63) is 17.0 Å². The Morgan fingerprint density at radius 1 is 1.36 bits per heavy atom. The van der Waals surface area contributed by atoms with E-state index < -0.39 is 0 Å². The molecule has 52 valence electrons. The van der Waals surface area contributed by atoms with Crippen LogP contribution in [-0.2, 0) is 0 Å². The van der Waals surface area contributed by atoms with E-state index >= 15 is 0 Å². The second-order valence-corrected chi connectivity index (χ2v) is 1.89. The zero-order chi connectivity index (χ0) is 7.68. The third-order valence-corrected chi connectivity index (χ3v) is 1.29. The van der Waals surface area contributed by atoms with E-state index in [0.717, 1.165) is 0 Å². The first kappa shape index (κ1) is 5.88. The third kappa shape index (κ3) is 0.754. The first-order chi connectivity index (χ1) is 5.42. The molecule has 0 amide bonds. The number of rotatable bonds is 0.